The molecule has 4 N–H and O–H groups in total. The lowest BCUT2D eigenvalue weighted by Crippen LogP contribution is -2.21. The largest absolute Gasteiger partial charge is 0.491 e. The fourth-order valence-corrected chi connectivity index (χ4v) is 1.77. The van der Waals surface area contributed by atoms with Gasteiger partial charge in [0.05, 0.1) is 6.61 Å². The summed E-state index contributed by atoms with van der Waals surface area (Å²) in [5, 5.41) is 0. The first kappa shape index (κ1) is 13.9. The Balaban J connectivity index is 2.81. The minimum atomic E-state index is -0.361. The molecule has 2 atom stereocenters. The van der Waals surface area contributed by atoms with Crippen LogP contribution in [-0.4, -0.2) is 13.2 Å². The van der Waals surface area contributed by atoms with Gasteiger partial charge in [-0.2, -0.15) is 0 Å². The third-order valence-electron chi connectivity index (χ3n) is 2.88. The van der Waals surface area contributed by atoms with Gasteiger partial charge in [0.1, 0.15) is 0 Å². The summed E-state index contributed by atoms with van der Waals surface area (Å²) in [5.74, 6) is 0.145. The minimum absolute atomic E-state index is 0.191. The lowest BCUT2D eigenvalue weighted by atomic mass is 9.92. The molecule has 3 nitrogen and oxygen atoms in total. The van der Waals surface area contributed by atoms with Crippen molar-refractivity contribution in [3.8, 4) is 5.75 Å². The highest BCUT2D eigenvalue weighted by molar-refractivity contribution is 5.31. The summed E-state index contributed by atoms with van der Waals surface area (Å²) < 4.78 is 18.8. The van der Waals surface area contributed by atoms with E-state index in [9.17, 15) is 4.39 Å². The van der Waals surface area contributed by atoms with E-state index in [1.165, 1.54) is 6.07 Å². The first-order valence-corrected chi connectivity index (χ1v) is 5.98. The number of halogens is 1. The highest BCUT2D eigenvalue weighted by Gasteiger charge is 2.16. The van der Waals surface area contributed by atoms with E-state index >= 15 is 0 Å². The molecule has 0 fully saturated rings. The molecular weight excluding hydrogens is 219 g/mol. The summed E-state index contributed by atoms with van der Waals surface area (Å²) in [5.41, 5.74) is 12.3. The Labute approximate surface area is 102 Å². The van der Waals surface area contributed by atoms with E-state index in [0.29, 0.717) is 13.2 Å². The molecule has 1 aromatic rings. The van der Waals surface area contributed by atoms with Crippen LogP contribution in [0, 0.1) is 11.7 Å². The monoisotopic (exact) mass is 240 g/mol. The maximum Gasteiger partial charge on any atom is 0.165 e. The van der Waals surface area contributed by atoms with Crippen molar-refractivity contribution in [1.82, 2.24) is 0 Å². The maximum atomic E-state index is 13.6. The van der Waals surface area contributed by atoms with Gasteiger partial charge in [-0.1, -0.05) is 13.0 Å². The zero-order valence-electron chi connectivity index (χ0n) is 10.4. The molecule has 0 aromatic heterocycles. The van der Waals surface area contributed by atoms with Crippen molar-refractivity contribution in [2.24, 2.45) is 17.4 Å². The van der Waals surface area contributed by atoms with Crippen molar-refractivity contribution < 1.29 is 9.13 Å². The second kappa shape index (κ2) is 6.57. The smallest absolute Gasteiger partial charge is 0.165 e. The third-order valence-corrected chi connectivity index (χ3v) is 2.88. The molecule has 1 aromatic carbocycles. The van der Waals surface area contributed by atoms with Crippen molar-refractivity contribution in [2.45, 2.75) is 26.3 Å². The van der Waals surface area contributed by atoms with Gasteiger partial charge in [-0.3, -0.25) is 0 Å². The fraction of sp³-hybridized carbons (Fsp3) is 0.538. The van der Waals surface area contributed by atoms with Crippen LogP contribution in [0.4, 0.5) is 4.39 Å². The molecule has 0 aliphatic carbocycles. The molecule has 0 bridgehead atoms. The summed E-state index contributed by atoms with van der Waals surface area (Å²) in [6.45, 7) is 4.88. The normalized spacial score (nSPS) is 14.4. The average molecular weight is 240 g/mol. The molecule has 0 saturated carbocycles. The summed E-state index contributed by atoms with van der Waals surface area (Å²) in [4.78, 5) is 0. The fourth-order valence-electron chi connectivity index (χ4n) is 1.77. The van der Waals surface area contributed by atoms with E-state index in [0.717, 1.165) is 12.0 Å². The molecule has 2 unspecified atom stereocenters. The predicted molar refractivity (Wildman–Crippen MR) is 67.3 cm³/mol. The highest BCUT2D eigenvalue weighted by atomic mass is 19.1. The van der Waals surface area contributed by atoms with E-state index in [1.807, 2.05) is 19.9 Å². The number of hydrogen-bond donors (Lipinski definition) is 2. The summed E-state index contributed by atoms with van der Waals surface area (Å²) in [6.07, 6.45) is 0.829. The van der Waals surface area contributed by atoms with Crippen LogP contribution in [0.3, 0.4) is 0 Å². The topological polar surface area (TPSA) is 61.3 Å². The molecule has 17 heavy (non-hydrogen) atoms. The van der Waals surface area contributed by atoms with Crippen molar-refractivity contribution in [3.63, 3.8) is 0 Å². The van der Waals surface area contributed by atoms with Crippen molar-refractivity contribution in [1.29, 1.82) is 0 Å². The standard InChI is InChI=1S/C13H21FN2O/c1-3-17-12-5-4-10(8-11(12)14)13(16)9(2)6-7-15/h4-5,8-9,13H,3,6-7,15-16H2,1-2H3. The van der Waals surface area contributed by atoms with E-state index in [-0.39, 0.29) is 23.5 Å². The van der Waals surface area contributed by atoms with Crippen LogP contribution in [0.25, 0.3) is 0 Å². The molecule has 0 spiro atoms. The van der Waals surface area contributed by atoms with E-state index in [2.05, 4.69) is 0 Å². The summed E-state index contributed by atoms with van der Waals surface area (Å²) in [6, 6.07) is 4.70. The SMILES string of the molecule is CCOc1ccc(C(N)C(C)CCN)cc1F. The van der Waals surface area contributed by atoms with Crippen LogP contribution < -0.4 is 16.2 Å². The molecule has 0 amide bonds. The van der Waals surface area contributed by atoms with E-state index in [4.69, 9.17) is 16.2 Å². The number of hydrogen-bond acceptors (Lipinski definition) is 3. The third kappa shape index (κ3) is 3.68. The van der Waals surface area contributed by atoms with Crippen LogP contribution in [0.5, 0.6) is 5.75 Å². The Kier molecular flexibility index (Phi) is 5.38. The summed E-state index contributed by atoms with van der Waals surface area (Å²) >= 11 is 0. The highest BCUT2D eigenvalue weighted by Crippen LogP contribution is 2.26. The van der Waals surface area contributed by atoms with Gasteiger partial charge >= 0.3 is 0 Å². The van der Waals surface area contributed by atoms with Crippen LogP contribution in [0.15, 0.2) is 18.2 Å². The average Bonchev–Trinajstić information content (AvgIpc) is 2.31. The maximum absolute atomic E-state index is 13.6. The zero-order valence-corrected chi connectivity index (χ0v) is 10.4. The number of ether oxygens (including phenoxy) is 1. The Morgan fingerprint density at radius 2 is 2.12 bits per heavy atom. The van der Waals surface area contributed by atoms with Crippen molar-refractivity contribution in [3.05, 3.63) is 29.6 Å². The Hall–Kier alpha value is -1.13. The number of benzene rings is 1. The van der Waals surface area contributed by atoms with E-state index < -0.39 is 0 Å². The van der Waals surface area contributed by atoms with Gasteiger partial charge in [0.25, 0.3) is 0 Å². The Morgan fingerprint density at radius 1 is 1.41 bits per heavy atom. The number of nitrogens with two attached hydrogens (primary N) is 2. The molecule has 0 saturated heterocycles. The quantitative estimate of drug-likeness (QED) is 0.801. The number of rotatable bonds is 6. The second-order valence-electron chi connectivity index (χ2n) is 4.20. The van der Waals surface area contributed by atoms with Crippen LogP contribution >= 0.6 is 0 Å². The lowest BCUT2D eigenvalue weighted by molar-refractivity contribution is 0.320. The van der Waals surface area contributed by atoms with Gasteiger partial charge in [-0.15, -0.1) is 0 Å². The van der Waals surface area contributed by atoms with Gasteiger partial charge in [0, 0.05) is 6.04 Å². The van der Waals surface area contributed by atoms with Crippen molar-refractivity contribution >= 4 is 0 Å². The predicted octanol–water partition coefficient (Wildman–Crippen LogP) is 2.21. The van der Waals surface area contributed by atoms with Gasteiger partial charge in [0.2, 0.25) is 0 Å². The molecule has 1 rings (SSSR count). The van der Waals surface area contributed by atoms with Crippen LogP contribution in [0.1, 0.15) is 31.9 Å². The molecular formula is C13H21FN2O. The van der Waals surface area contributed by atoms with Crippen molar-refractivity contribution in [2.75, 3.05) is 13.2 Å². The first-order valence-electron chi connectivity index (χ1n) is 5.98. The molecule has 96 valence electrons. The lowest BCUT2D eigenvalue weighted by Gasteiger charge is -2.20. The Morgan fingerprint density at radius 3 is 2.65 bits per heavy atom. The van der Waals surface area contributed by atoms with Crippen LogP contribution in [-0.2, 0) is 0 Å². The van der Waals surface area contributed by atoms with Gasteiger partial charge in [-0.05, 0) is 43.5 Å². The Bertz CT molecular complexity index is 357. The first-order chi connectivity index (χ1) is 8.10. The molecule has 0 aliphatic rings. The van der Waals surface area contributed by atoms with Gasteiger partial charge in [0.15, 0.2) is 11.6 Å². The molecule has 0 heterocycles. The van der Waals surface area contributed by atoms with Crippen LogP contribution in [0.2, 0.25) is 0 Å². The second-order valence-corrected chi connectivity index (χ2v) is 4.20. The van der Waals surface area contributed by atoms with Gasteiger partial charge in [-0.25, -0.2) is 4.39 Å². The molecule has 4 heteroatoms. The summed E-state index contributed by atoms with van der Waals surface area (Å²) in [7, 11) is 0. The zero-order chi connectivity index (χ0) is 12.8. The molecule has 0 aliphatic heterocycles. The molecule has 0 radical (unpaired) electrons. The van der Waals surface area contributed by atoms with Gasteiger partial charge < -0.3 is 16.2 Å². The minimum Gasteiger partial charge on any atom is -0.491 e. The van der Waals surface area contributed by atoms with E-state index in [1.54, 1.807) is 6.07 Å².